The lowest BCUT2D eigenvalue weighted by molar-refractivity contribution is -0.121. The van der Waals surface area contributed by atoms with Gasteiger partial charge in [0.2, 0.25) is 5.91 Å². The van der Waals surface area contributed by atoms with Crippen LogP contribution in [0.5, 0.6) is 0 Å². The molecule has 1 aliphatic carbocycles. The molecule has 0 bridgehead atoms. The molecule has 1 amide bonds. The highest BCUT2D eigenvalue weighted by molar-refractivity contribution is 5.76. The zero-order chi connectivity index (χ0) is 13.5. The summed E-state index contributed by atoms with van der Waals surface area (Å²) in [5.41, 5.74) is 0.840. The zero-order valence-corrected chi connectivity index (χ0v) is 11.1. The quantitative estimate of drug-likeness (QED) is 0.858. The van der Waals surface area contributed by atoms with Gasteiger partial charge in [-0.25, -0.2) is 4.39 Å². The molecule has 104 valence electrons. The fourth-order valence-corrected chi connectivity index (χ4v) is 2.43. The van der Waals surface area contributed by atoms with Gasteiger partial charge >= 0.3 is 0 Å². The van der Waals surface area contributed by atoms with Gasteiger partial charge in [-0.1, -0.05) is 19.3 Å². The van der Waals surface area contributed by atoms with Crippen LogP contribution in [0.2, 0.25) is 0 Å². The third-order valence-corrected chi connectivity index (χ3v) is 3.50. The van der Waals surface area contributed by atoms with Gasteiger partial charge in [-0.05, 0) is 37.1 Å². The van der Waals surface area contributed by atoms with Crippen LogP contribution < -0.4 is 10.6 Å². The van der Waals surface area contributed by atoms with E-state index in [0.29, 0.717) is 19.0 Å². The summed E-state index contributed by atoms with van der Waals surface area (Å²) in [6.45, 7) is 0.574. The summed E-state index contributed by atoms with van der Waals surface area (Å²) in [4.78, 5) is 11.7. The third-order valence-electron chi connectivity index (χ3n) is 3.50. The molecule has 0 aliphatic heterocycles. The minimum absolute atomic E-state index is 0.0986. The van der Waals surface area contributed by atoms with Gasteiger partial charge in [0.1, 0.15) is 5.82 Å². The van der Waals surface area contributed by atoms with E-state index in [2.05, 4.69) is 10.6 Å². The third kappa shape index (κ3) is 4.89. The molecule has 3 nitrogen and oxygen atoms in total. The summed E-state index contributed by atoms with van der Waals surface area (Å²) in [5.74, 6) is -0.151. The molecule has 1 fully saturated rings. The topological polar surface area (TPSA) is 41.1 Å². The Balaban J connectivity index is 1.64. The number of nitrogens with one attached hydrogen (secondary N) is 2. The number of amides is 1. The summed E-state index contributed by atoms with van der Waals surface area (Å²) in [7, 11) is 0. The molecule has 4 heteroatoms. The van der Waals surface area contributed by atoms with Gasteiger partial charge in [-0.15, -0.1) is 0 Å². The number of carbonyl (C=O) groups excluding carboxylic acids is 1. The van der Waals surface area contributed by atoms with E-state index in [9.17, 15) is 9.18 Å². The van der Waals surface area contributed by atoms with Crippen molar-refractivity contribution in [1.29, 1.82) is 0 Å². The highest BCUT2D eigenvalue weighted by Crippen LogP contribution is 2.17. The van der Waals surface area contributed by atoms with E-state index in [0.717, 1.165) is 18.5 Å². The normalized spacial score (nSPS) is 16.1. The van der Waals surface area contributed by atoms with E-state index in [-0.39, 0.29) is 11.7 Å². The van der Waals surface area contributed by atoms with E-state index >= 15 is 0 Å². The van der Waals surface area contributed by atoms with Crippen molar-refractivity contribution in [2.45, 2.75) is 44.6 Å². The van der Waals surface area contributed by atoms with Crippen LogP contribution in [0.1, 0.15) is 38.5 Å². The highest BCUT2D eigenvalue weighted by atomic mass is 19.1. The van der Waals surface area contributed by atoms with Gasteiger partial charge in [0, 0.05) is 24.7 Å². The monoisotopic (exact) mass is 264 g/mol. The number of hydrogen-bond donors (Lipinski definition) is 2. The number of carbonyl (C=O) groups is 1. The molecule has 1 aromatic carbocycles. The SMILES string of the molecule is O=C(CCNc1ccc(F)cc1)NC1CCCCC1. The molecule has 1 saturated carbocycles. The van der Waals surface area contributed by atoms with Gasteiger partial charge in [-0.3, -0.25) is 4.79 Å². The van der Waals surface area contributed by atoms with Crippen molar-refractivity contribution in [1.82, 2.24) is 5.32 Å². The molecular formula is C15H21FN2O. The van der Waals surface area contributed by atoms with Gasteiger partial charge in [0.25, 0.3) is 0 Å². The Labute approximate surface area is 113 Å². The maximum Gasteiger partial charge on any atom is 0.221 e. The van der Waals surface area contributed by atoms with E-state index < -0.39 is 0 Å². The Morgan fingerprint density at radius 3 is 2.53 bits per heavy atom. The molecule has 1 aromatic rings. The van der Waals surface area contributed by atoms with Crippen molar-refractivity contribution >= 4 is 11.6 Å². The largest absolute Gasteiger partial charge is 0.385 e. The van der Waals surface area contributed by atoms with Crippen molar-refractivity contribution < 1.29 is 9.18 Å². The molecule has 0 saturated heterocycles. The van der Waals surface area contributed by atoms with Gasteiger partial charge in [0.05, 0.1) is 0 Å². The summed E-state index contributed by atoms with van der Waals surface area (Å²) in [6, 6.07) is 6.53. The van der Waals surface area contributed by atoms with Crippen LogP contribution >= 0.6 is 0 Å². The number of halogens is 1. The Bertz CT molecular complexity index is 399. The Hall–Kier alpha value is -1.58. The highest BCUT2D eigenvalue weighted by Gasteiger charge is 2.15. The summed E-state index contributed by atoms with van der Waals surface area (Å²) in [5, 5.41) is 6.19. The van der Waals surface area contributed by atoms with E-state index in [4.69, 9.17) is 0 Å². The molecule has 0 aromatic heterocycles. The second-order valence-electron chi connectivity index (χ2n) is 5.09. The van der Waals surface area contributed by atoms with Crippen molar-refractivity contribution in [3.05, 3.63) is 30.1 Å². The van der Waals surface area contributed by atoms with Crippen LogP contribution in [0, 0.1) is 5.82 Å². The number of rotatable bonds is 5. The molecule has 19 heavy (non-hydrogen) atoms. The Kier molecular flexibility index (Phi) is 5.19. The standard InChI is InChI=1S/C15H21FN2O/c16-12-6-8-13(9-7-12)17-11-10-15(19)18-14-4-2-1-3-5-14/h6-9,14,17H,1-5,10-11H2,(H,18,19). The maximum absolute atomic E-state index is 12.7. The minimum Gasteiger partial charge on any atom is -0.385 e. The van der Waals surface area contributed by atoms with Crippen LogP contribution in [0.4, 0.5) is 10.1 Å². The number of benzene rings is 1. The van der Waals surface area contributed by atoms with Crippen LogP contribution in [0.15, 0.2) is 24.3 Å². The lowest BCUT2D eigenvalue weighted by Gasteiger charge is -2.22. The van der Waals surface area contributed by atoms with Crippen LogP contribution in [0.3, 0.4) is 0 Å². The fourth-order valence-electron chi connectivity index (χ4n) is 2.43. The van der Waals surface area contributed by atoms with Gasteiger partial charge in [0.15, 0.2) is 0 Å². The summed E-state index contributed by atoms with van der Waals surface area (Å²) >= 11 is 0. The van der Waals surface area contributed by atoms with E-state index in [1.807, 2.05) is 0 Å². The van der Waals surface area contributed by atoms with Crippen molar-refractivity contribution in [2.24, 2.45) is 0 Å². The molecular weight excluding hydrogens is 243 g/mol. The van der Waals surface area contributed by atoms with Crippen LogP contribution in [-0.4, -0.2) is 18.5 Å². The average Bonchev–Trinajstić information content (AvgIpc) is 2.42. The molecule has 2 rings (SSSR count). The first kappa shape index (κ1) is 13.8. The lowest BCUT2D eigenvalue weighted by atomic mass is 9.95. The fraction of sp³-hybridized carbons (Fsp3) is 0.533. The first-order valence-corrected chi connectivity index (χ1v) is 7.03. The van der Waals surface area contributed by atoms with E-state index in [1.54, 1.807) is 12.1 Å². The van der Waals surface area contributed by atoms with Crippen molar-refractivity contribution in [3.8, 4) is 0 Å². The minimum atomic E-state index is -0.249. The predicted octanol–water partition coefficient (Wildman–Crippen LogP) is 3.08. The average molecular weight is 264 g/mol. The first-order chi connectivity index (χ1) is 9.24. The molecule has 0 heterocycles. The van der Waals surface area contributed by atoms with E-state index in [1.165, 1.54) is 31.4 Å². The molecule has 0 atom stereocenters. The Morgan fingerprint density at radius 2 is 1.84 bits per heavy atom. The van der Waals surface area contributed by atoms with Gasteiger partial charge in [-0.2, -0.15) is 0 Å². The van der Waals surface area contributed by atoms with Crippen LogP contribution in [-0.2, 0) is 4.79 Å². The number of hydrogen-bond acceptors (Lipinski definition) is 2. The molecule has 2 N–H and O–H groups in total. The first-order valence-electron chi connectivity index (χ1n) is 7.03. The van der Waals surface area contributed by atoms with Gasteiger partial charge < -0.3 is 10.6 Å². The smallest absolute Gasteiger partial charge is 0.221 e. The van der Waals surface area contributed by atoms with Crippen LogP contribution in [0.25, 0.3) is 0 Å². The number of anilines is 1. The van der Waals surface area contributed by atoms with Crippen molar-refractivity contribution in [2.75, 3.05) is 11.9 Å². The summed E-state index contributed by atoms with van der Waals surface area (Å²) < 4.78 is 12.7. The summed E-state index contributed by atoms with van der Waals surface area (Å²) in [6.07, 6.45) is 6.40. The van der Waals surface area contributed by atoms with Crippen molar-refractivity contribution in [3.63, 3.8) is 0 Å². The molecule has 1 aliphatic rings. The zero-order valence-electron chi connectivity index (χ0n) is 11.1. The second kappa shape index (κ2) is 7.12. The predicted molar refractivity (Wildman–Crippen MR) is 74.5 cm³/mol. The lowest BCUT2D eigenvalue weighted by Crippen LogP contribution is -2.36. The molecule has 0 radical (unpaired) electrons. The molecule has 0 spiro atoms. The maximum atomic E-state index is 12.7. The Morgan fingerprint density at radius 1 is 1.16 bits per heavy atom. The second-order valence-corrected chi connectivity index (χ2v) is 5.09. The molecule has 0 unspecified atom stereocenters.